The third-order valence-corrected chi connectivity index (χ3v) is 4.65. The molecule has 2 heterocycles. The van der Waals surface area contributed by atoms with Crippen LogP contribution in [0.3, 0.4) is 0 Å². The van der Waals surface area contributed by atoms with Crippen LogP contribution < -0.4 is 5.32 Å². The number of thiophene rings is 1. The summed E-state index contributed by atoms with van der Waals surface area (Å²) in [5.74, 6) is 1.10. The first-order valence-corrected chi connectivity index (χ1v) is 8.30. The fraction of sp³-hybridized carbons (Fsp3) is 0.412. The first-order chi connectivity index (χ1) is 9.90. The van der Waals surface area contributed by atoms with Gasteiger partial charge in [-0.1, -0.05) is 25.1 Å². The van der Waals surface area contributed by atoms with Gasteiger partial charge in [-0.3, -0.25) is 0 Å². The number of allylic oxidation sites excluding steroid dienone is 1. The highest BCUT2D eigenvalue weighted by Gasteiger charge is 2.22. The summed E-state index contributed by atoms with van der Waals surface area (Å²) in [5, 5.41) is 7.27. The molecule has 2 nitrogen and oxygen atoms in total. The third-order valence-electron chi connectivity index (χ3n) is 3.67. The van der Waals surface area contributed by atoms with E-state index in [2.05, 4.69) is 48.0 Å². The number of fused-ring (bicyclic) bond motifs is 1. The molecular formula is C17H21NOS. The molecule has 1 unspecified atom stereocenters. The monoisotopic (exact) mass is 287 g/mol. The Morgan fingerprint density at radius 3 is 3.05 bits per heavy atom. The first-order valence-electron chi connectivity index (χ1n) is 7.42. The number of benzene rings is 1. The molecule has 1 aliphatic heterocycles. The van der Waals surface area contributed by atoms with Gasteiger partial charge in [-0.05, 0) is 54.3 Å². The predicted octanol–water partition coefficient (Wildman–Crippen LogP) is 4.64. The molecule has 106 valence electrons. The maximum absolute atomic E-state index is 5.91. The summed E-state index contributed by atoms with van der Waals surface area (Å²) >= 11 is 1.82. The minimum Gasteiger partial charge on any atom is -0.496 e. The molecule has 0 aliphatic carbocycles. The summed E-state index contributed by atoms with van der Waals surface area (Å²) in [4.78, 5) is 0. The van der Waals surface area contributed by atoms with Gasteiger partial charge in [0.25, 0.3) is 0 Å². The molecule has 1 aromatic carbocycles. The fourth-order valence-electron chi connectivity index (χ4n) is 2.65. The highest BCUT2D eigenvalue weighted by Crippen LogP contribution is 2.35. The third kappa shape index (κ3) is 2.74. The van der Waals surface area contributed by atoms with Gasteiger partial charge in [0, 0.05) is 4.70 Å². The van der Waals surface area contributed by atoms with Crippen molar-refractivity contribution in [1.29, 1.82) is 0 Å². The molecule has 20 heavy (non-hydrogen) atoms. The molecule has 0 spiro atoms. The van der Waals surface area contributed by atoms with Gasteiger partial charge >= 0.3 is 0 Å². The lowest BCUT2D eigenvalue weighted by Gasteiger charge is -2.24. The van der Waals surface area contributed by atoms with E-state index in [4.69, 9.17) is 4.74 Å². The van der Waals surface area contributed by atoms with Crippen LogP contribution in [-0.4, -0.2) is 13.2 Å². The van der Waals surface area contributed by atoms with Crippen LogP contribution in [-0.2, 0) is 4.74 Å². The van der Waals surface area contributed by atoms with Crippen LogP contribution in [0, 0.1) is 0 Å². The van der Waals surface area contributed by atoms with Crippen LogP contribution in [0.5, 0.6) is 0 Å². The second kappa shape index (κ2) is 6.42. The summed E-state index contributed by atoms with van der Waals surface area (Å²) in [6.45, 7) is 4.06. The highest BCUT2D eigenvalue weighted by atomic mass is 32.1. The number of ether oxygens (including phenoxy) is 1. The number of hydrogen-bond donors (Lipinski definition) is 1. The van der Waals surface area contributed by atoms with E-state index in [1.165, 1.54) is 15.6 Å². The van der Waals surface area contributed by atoms with Crippen molar-refractivity contribution in [2.75, 3.05) is 13.2 Å². The van der Waals surface area contributed by atoms with Crippen molar-refractivity contribution in [3.8, 4) is 0 Å². The summed E-state index contributed by atoms with van der Waals surface area (Å²) in [6.07, 6.45) is 5.64. The minimum absolute atomic E-state index is 0.200. The zero-order valence-corrected chi connectivity index (χ0v) is 12.7. The van der Waals surface area contributed by atoms with Crippen LogP contribution >= 0.6 is 11.3 Å². The normalized spacial score (nSPS) is 16.8. The molecular weight excluding hydrogens is 266 g/mol. The van der Waals surface area contributed by atoms with Crippen molar-refractivity contribution in [2.45, 2.75) is 32.2 Å². The Balaban J connectivity index is 1.97. The molecule has 1 atom stereocenters. The van der Waals surface area contributed by atoms with Crippen molar-refractivity contribution in [3.63, 3.8) is 0 Å². The maximum atomic E-state index is 5.91. The van der Waals surface area contributed by atoms with Gasteiger partial charge in [0.15, 0.2) is 0 Å². The summed E-state index contributed by atoms with van der Waals surface area (Å²) in [6, 6.07) is 8.83. The molecule has 1 N–H and O–H groups in total. The van der Waals surface area contributed by atoms with Crippen LogP contribution in [0.15, 0.2) is 41.5 Å². The van der Waals surface area contributed by atoms with Crippen molar-refractivity contribution in [2.24, 2.45) is 0 Å². The Kier molecular flexibility index (Phi) is 4.38. The zero-order valence-electron chi connectivity index (χ0n) is 11.9. The minimum atomic E-state index is 0.200. The Hall–Kier alpha value is -1.32. The lowest BCUT2D eigenvalue weighted by molar-refractivity contribution is 0.168. The van der Waals surface area contributed by atoms with Crippen LogP contribution in [0.1, 0.15) is 37.8 Å². The largest absolute Gasteiger partial charge is 0.496 e. The lowest BCUT2D eigenvalue weighted by atomic mass is 10.0. The van der Waals surface area contributed by atoms with Gasteiger partial charge in [0.2, 0.25) is 0 Å². The molecule has 0 radical (unpaired) electrons. The van der Waals surface area contributed by atoms with Gasteiger partial charge in [-0.25, -0.2) is 0 Å². The van der Waals surface area contributed by atoms with E-state index in [1.54, 1.807) is 0 Å². The van der Waals surface area contributed by atoms with Crippen LogP contribution in [0.2, 0.25) is 0 Å². The molecule has 3 heteroatoms. The molecule has 0 amide bonds. The molecule has 1 aliphatic rings. The van der Waals surface area contributed by atoms with Gasteiger partial charge in [-0.15, -0.1) is 11.3 Å². The Bertz CT molecular complexity index is 602. The van der Waals surface area contributed by atoms with E-state index in [-0.39, 0.29) is 6.04 Å². The van der Waals surface area contributed by atoms with Crippen LogP contribution in [0.25, 0.3) is 10.1 Å². The van der Waals surface area contributed by atoms with Crippen LogP contribution in [0.4, 0.5) is 0 Å². The Morgan fingerprint density at radius 1 is 1.35 bits per heavy atom. The topological polar surface area (TPSA) is 21.3 Å². The summed E-state index contributed by atoms with van der Waals surface area (Å²) in [5.41, 5.74) is 1.35. The lowest BCUT2D eigenvalue weighted by Crippen LogP contribution is -2.26. The van der Waals surface area contributed by atoms with Gasteiger partial charge < -0.3 is 10.1 Å². The quantitative estimate of drug-likeness (QED) is 0.865. The molecule has 0 fully saturated rings. The Morgan fingerprint density at radius 2 is 2.25 bits per heavy atom. The van der Waals surface area contributed by atoms with E-state index in [0.29, 0.717) is 0 Å². The number of hydrogen-bond acceptors (Lipinski definition) is 3. The highest BCUT2D eigenvalue weighted by molar-refractivity contribution is 7.17. The fourth-order valence-corrected chi connectivity index (χ4v) is 3.64. The molecule has 0 saturated heterocycles. The average Bonchev–Trinajstić information content (AvgIpc) is 2.93. The van der Waals surface area contributed by atoms with Crippen molar-refractivity contribution < 1.29 is 4.74 Å². The SMILES string of the molecule is CCCNC(C1=CCCCO1)c1csc2ccccc12. The predicted molar refractivity (Wildman–Crippen MR) is 86.1 cm³/mol. The van der Waals surface area contributed by atoms with Crippen molar-refractivity contribution in [1.82, 2.24) is 5.32 Å². The molecule has 1 aromatic heterocycles. The van der Waals surface area contributed by atoms with Gasteiger partial charge in [0.05, 0.1) is 12.6 Å². The molecule has 2 aromatic rings. The second-order valence-electron chi connectivity index (χ2n) is 5.17. The summed E-state index contributed by atoms with van der Waals surface area (Å²) < 4.78 is 7.26. The molecule has 3 rings (SSSR count). The van der Waals surface area contributed by atoms with Crippen molar-refractivity contribution >= 4 is 21.4 Å². The molecule has 0 bridgehead atoms. The van der Waals surface area contributed by atoms with E-state index in [9.17, 15) is 0 Å². The van der Waals surface area contributed by atoms with Crippen molar-refractivity contribution in [3.05, 3.63) is 47.0 Å². The first kappa shape index (κ1) is 13.7. The summed E-state index contributed by atoms with van der Waals surface area (Å²) in [7, 11) is 0. The zero-order chi connectivity index (χ0) is 13.8. The number of nitrogens with one attached hydrogen (secondary N) is 1. The van der Waals surface area contributed by atoms with E-state index in [0.717, 1.165) is 38.2 Å². The van der Waals surface area contributed by atoms with E-state index in [1.807, 2.05) is 11.3 Å². The smallest absolute Gasteiger partial charge is 0.113 e. The maximum Gasteiger partial charge on any atom is 0.113 e. The second-order valence-corrected chi connectivity index (χ2v) is 6.08. The van der Waals surface area contributed by atoms with E-state index < -0.39 is 0 Å². The number of rotatable bonds is 5. The molecule has 0 saturated carbocycles. The van der Waals surface area contributed by atoms with E-state index >= 15 is 0 Å². The Labute approximate surface area is 124 Å². The van der Waals surface area contributed by atoms with Gasteiger partial charge in [-0.2, -0.15) is 0 Å². The van der Waals surface area contributed by atoms with Gasteiger partial charge in [0.1, 0.15) is 5.76 Å². The average molecular weight is 287 g/mol. The standard InChI is InChI=1S/C17H21NOS/c1-2-10-18-17(15-8-5-6-11-19-15)14-12-20-16-9-4-3-7-13(14)16/h3-4,7-9,12,17-18H,2,5-6,10-11H2,1H3.